The molecule has 5 aliphatic heterocycles. The zero-order valence-electron chi connectivity index (χ0n) is 39.6. The number of hydrogen-bond donors (Lipinski definition) is 3. The van der Waals surface area contributed by atoms with Crippen molar-refractivity contribution in [3.63, 3.8) is 0 Å². The molecule has 1 aromatic heterocycles. The Balaban J connectivity index is 0.885. The first-order valence-corrected chi connectivity index (χ1v) is 24.3. The standard InChI is InChI=1S/C52H63N7O8/c1-26(2)46(56-51(62)64-6)49(60)58-27(3)11-16-43(58)48-53-24-41(55-48)31-12-14-35-34(19-31)25-66-45-23-36-30(20-38(35)45)13-15-39-37(36)22-40(54-39)44-21-32-9-8-10-42(32)59(44)50(61)47(57-52(63)65-7)33-17-28(4)67-29(5)18-33/h12-15,19-20,23-24,26-29,32-33,42-44,46-47H,8-11,16-18,21-22,25H2,1-7H3,(H,53,55)(H,56,62)(H,57,63)/t27-,28+,29+,32-,42-,43-,44-,46-,47-/m0/s1. The van der Waals surface area contributed by atoms with Crippen molar-refractivity contribution >= 4 is 46.2 Å². The Morgan fingerprint density at radius 3 is 2.37 bits per heavy atom. The molecule has 3 aromatic carbocycles. The normalized spacial score (nSPS) is 27.1. The number of benzene rings is 3. The summed E-state index contributed by atoms with van der Waals surface area (Å²) in [4.78, 5) is 71.4. The number of fused-ring (bicyclic) bond motifs is 7. The first kappa shape index (κ1) is 44.9. The van der Waals surface area contributed by atoms with Gasteiger partial charge in [-0.15, -0.1) is 0 Å². The number of aromatic nitrogens is 2. The average Bonchev–Trinajstić information content (AvgIpc) is 4.17. The van der Waals surface area contributed by atoms with Gasteiger partial charge in [-0.1, -0.05) is 38.5 Å². The Morgan fingerprint density at radius 1 is 0.836 bits per heavy atom. The number of nitrogens with one attached hydrogen (secondary N) is 3. The Bertz CT molecular complexity index is 2630. The molecule has 67 heavy (non-hydrogen) atoms. The number of methoxy groups -OCH3 is 2. The van der Waals surface area contributed by atoms with E-state index in [0.29, 0.717) is 37.6 Å². The van der Waals surface area contributed by atoms with Crippen LogP contribution in [0.3, 0.4) is 0 Å². The highest BCUT2D eigenvalue weighted by Gasteiger charge is 2.51. The van der Waals surface area contributed by atoms with Crippen LogP contribution in [0.15, 0.2) is 53.7 Å². The van der Waals surface area contributed by atoms with Gasteiger partial charge in [0, 0.05) is 29.8 Å². The van der Waals surface area contributed by atoms with E-state index in [2.05, 4.69) is 63.0 Å². The van der Waals surface area contributed by atoms with E-state index in [1.165, 1.54) is 14.2 Å². The number of aliphatic imine (C=N–C) groups is 1. The molecule has 0 spiro atoms. The van der Waals surface area contributed by atoms with Crippen LogP contribution in [-0.4, -0.2) is 106 Å². The smallest absolute Gasteiger partial charge is 0.407 e. The zero-order valence-corrected chi connectivity index (χ0v) is 39.6. The second kappa shape index (κ2) is 17.9. The second-order valence-electron chi connectivity index (χ2n) is 20.2. The van der Waals surface area contributed by atoms with Crippen molar-refractivity contribution in [3.05, 3.63) is 65.6 Å². The minimum atomic E-state index is -0.717. The third kappa shape index (κ3) is 8.20. The molecule has 0 unspecified atom stereocenters. The molecule has 354 valence electrons. The van der Waals surface area contributed by atoms with Crippen molar-refractivity contribution in [2.45, 2.75) is 147 Å². The van der Waals surface area contributed by atoms with Crippen LogP contribution >= 0.6 is 0 Å². The van der Waals surface area contributed by atoms with E-state index < -0.39 is 24.3 Å². The second-order valence-corrected chi connectivity index (χ2v) is 20.2. The summed E-state index contributed by atoms with van der Waals surface area (Å²) in [6, 6.07) is 13.3. The molecular weight excluding hydrogens is 851 g/mol. The van der Waals surface area contributed by atoms with Gasteiger partial charge in [-0.2, -0.15) is 0 Å². The summed E-state index contributed by atoms with van der Waals surface area (Å²) in [6.07, 6.45) is 8.16. The van der Waals surface area contributed by atoms with Gasteiger partial charge in [0.2, 0.25) is 11.8 Å². The molecule has 6 aliphatic rings. The Hall–Kier alpha value is -5.96. The number of likely N-dealkylation sites (tertiary alicyclic amines) is 2. The summed E-state index contributed by atoms with van der Waals surface area (Å²) in [5.74, 6) is 1.56. The number of rotatable bonds is 9. The summed E-state index contributed by atoms with van der Waals surface area (Å²) in [6.45, 7) is 10.3. The van der Waals surface area contributed by atoms with E-state index >= 15 is 0 Å². The summed E-state index contributed by atoms with van der Waals surface area (Å²) < 4.78 is 22.5. The lowest BCUT2D eigenvalue weighted by Crippen LogP contribution is -2.58. The fraction of sp³-hybridized carbons (Fsp3) is 0.538. The van der Waals surface area contributed by atoms with E-state index in [1.54, 1.807) is 0 Å². The van der Waals surface area contributed by atoms with Gasteiger partial charge in [0.15, 0.2) is 0 Å². The molecule has 15 nitrogen and oxygen atoms in total. The number of carbonyl (C=O) groups is 4. The third-order valence-electron chi connectivity index (χ3n) is 15.6. The molecule has 15 heteroatoms. The zero-order chi connectivity index (χ0) is 46.8. The number of aromatic amines is 1. The molecule has 3 saturated heterocycles. The number of hydrogen-bond acceptors (Lipinski definition) is 10. The fourth-order valence-corrected chi connectivity index (χ4v) is 12.4. The van der Waals surface area contributed by atoms with Crippen LogP contribution in [0.5, 0.6) is 5.75 Å². The number of nitrogens with zero attached hydrogens (tertiary/aromatic N) is 4. The van der Waals surface area contributed by atoms with Gasteiger partial charge in [-0.25, -0.2) is 14.6 Å². The van der Waals surface area contributed by atoms with E-state index in [0.717, 1.165) is 100.0 Å². The molecule has 6 heterocycles. The maximum Gasteiger partial charge on any atom is 0.407 e. The monoisotopic (exact) mass is 913 g/mol. The van der Waals surface area contributed by atoms with E-state index in [4.69, 9.17) is 28.9 Å². The van der Waals surface area contributed by atoms with E-state index in [-0.39, 0.29) is 60.0 Å². The third-order valence-corrected chi connectivity index (χ3v) is 15.6. The molecule has 1 aliphatic carbocycles. The lowest BCUT2D eigenvalue weighted by Gasteiger charge is -2.40. The highest BCUT2D eigenvalue weighted by Crippen LogP contribution is 2.48. The van der Waals surface area contributed by atoms with Crippen LogP contribution in [0.4, 0.5) is 15.3 Å². The Morgan fingerprint density at radius 2 is 1.61 bits per heavy atom. The highest BCUT2D eigenvalue weighted by molar-refractivity contribution is 6.07. The minimum Gasteiger partial charge on any atom is -0.488 e. The molecule has 3 N–H and O–H groups in total. The van der Waals surface area contributed by atoms with Gasteiger partial charge >= 0.3 is 12.2 Å². The first-order valence-electron chi connectivity index (χ1n) is 24.3. The number of ether oxygens (including phenoxy) is 4. The molecule has 4 amide bonds. The highest BCUT2D eigenvalue weighted by atomic mass is 16.5. The molecule has 0 bridgehead atoms. The molecular formula is C52H63N7O8. The summed E-state index contributed by atoms with van der Waals surface area (Å²) in [5, 5.41) is 7.91. The quantitative estimate of drug-likeness (QED) is 0.149. The minimum absolute atomic E-state index is 0.0145. The molecule has 9 atom stereocenters. The van der Waals surface area contributed by atoms with Crippen molar-refractivity contribution < 1.29 is 38.1 Å². The predicted octanol–water partition coefficient (Wildman–Crippen LogP) is 8.55. The maximum absolute atomic E-state index is 15.0. The molecule has 10 rings (SSSR count). The van der Waals surface area contributed by atoms with Crippen LogP contribution in [0.2, 0.25) is 0 Å². The largest absolute Gasteiger partial charge is 0.488 e. The van der Waals surface area contributed by atoms with Crippen molar-refractivity contribution in [3.8, 4) is 28.1 Å². The van der Waals surface area contributed by atoms with Crippen molar-refractivity contribution in [1.82, 2.24) is 30.4 Å². The molecule has 1 saturated carbocycles. The van der Waals surface area contributed by atoms with Gasteiger partial charge in [0.1, 0.15) is 30.3 Å². The van der Waals surface area contributed by atoms with Gasteiger partial charge < -0.3 is 44.4 Å². The lowest BCUT2D eigenvalue weighted by molar-refractivity contribution is -0.139. The van der Waals surface area contributed by atoms with Gasteiger partial charge in [0.05, 0.1) is 56.1 Å². The summed E-state index contributed by atoms with van der Waals surface area (Å²) in [7, 11) is 2.64. The van der Waals surface area contributed by atoms with Gasteiger partial charge in [-0.3, -0.25) is 14.6 Å². The van der Waals surface area contributed by atoms with Crippen LogP contribution in [-0.2, 0) is 36.8 Å². The molecule has 4 fully saturated rings. The van der Waals surface area contributed by atoms with Crippen LogP contribution in [0.25, 0.3) is 33.2 Å². The number of amides is 4. The van der Waals surface area contributed by atoms with Crippen LogP contribution in [0, 0.1) is 17.8 Å². The van der Waals surface area contributed by atoms with Gasteiger partial charge in [0.25, 0.3) is 0 Å². The van der Waals surface area contributed by atoms with Crippen molar-refractivity contribution in [2.24, 2.45) is 22.7 Å². The van der Waals surface area contributed by atoms with Gasteiger partial charge in [-0.05, 0) is 141 Å². The summed E-state index contributed by atoms with van der Waals surface area (Å²) in [5.41, 5.74) is 8.10. The lowest BCUT2D eigenvalue weighted by atomic mass is 9.85. The van der Waals surface area contributed by atoms with Crippen molar-refractivity contribution in [1.29, 1.82) is 0 Å². The first-order chi connectivity index (χ1) is 32.3. The number of imidazole rings is 1. The van der Waals surface area contributed by atoms with E-state index in [9.17, 15) is 19.2 Å². The molecule has 4 aromatic rings. The Labute approximate surface area is 391 Å². The summed E-state index contributed by atoms with van der Waals surface area (Å²) >= 11 is 0. The number of H-pyrrole nitrogens is 1. The van der Waals surface area contributed by atoms with Crippen LogP contribution in [0.1, 0.15) is 109 Å². The fourth-order valence-electron chi connectivity index (χ4n) is 12.4. The van der Waals surface area contributed by atoms with Crippen LogP contribution < -0.4 is 15.4 Å². The SMILES string of the molecule is COC(=O)N[C@H](C(=O)N1[C@@H](C)CC[C@H]1c1ncc(-c2ccc3c(c2)COc2cc4c5c(ccc4cc2-3)N=C([C@@H]2C[C@@H]3CCC[C@@H]3N2C(=O)[C@@H](NC(=O)OC)C2C[C@@H](C)O[C@H](C)C2)C5)[nH]1)C(C)C. The van der Waals surface area contributed by atoms with Crippen molar-refractivity contribution in [2.75, 3.05) is 14.2 Å². The predicted molar refractivity (Wildman–Crippen MR) is 253 cm³/mol. The van der Waals surface area contributed by atoms with E-state index in [1.807, 2.05) is 45.7 Å². The topological polar surface area (TPSA) is 177 Å². The maximum atomic E-state index is 15.0. The Kier molecular flexibility index (Phi) is 12.0. The molecule has 0 radical (unpaired) electrons. The number of alkyl carbamates (subject to hydrolysis) is 2. The average molecular weight is 914 g/mol. The number of carbonyl (C=O) groups excluding carboxylic acids is 4.